The first-order valence-corrected chi connectivity index (χ1v) is 7.93. The zero-order valence-corrected chi connectivity index (χ0v) is 14.2. The molecule has 0 saturated carbocycles. The van der Waals surface area contributed by atoms with Crippen LogP contribution in [0.5, 0.6) is 0 Å². The fourth-order valence-electron chi connectivity index (χ4n) is 2.37. The number of rotatable bonds is 7. The monoisotopic (exact) mass is 387 g/mol. The molecule has 150 valence electrons. The maximum atomic E-state index is 11.8. The Hall–Kier alpha value is -2.51. The van der Waals surface area contributed by atoms with Gasteiger partial charge >= 0.3 is 11.9 Å². The number of hydrogen-bond acceptors (Lipinski definition) is 11. The second-order valence-electron chi connectivity index (χ2n) is 5.81. The van der Waals surface area contributed by atoms with Crippen molar-refractivity contribution < 1.29 is 41.0 Å². The maximum Gasteiger partial charge on any atom is 0.323 e. The van der Waals surface area contributed by atoms with E-state index in [2.05, 4.69) is 11.6 Å². The van der Waals surface area contributed by atoms with Crippen molar-refractivity contribution >= 4 is 17.8 Å². The molecule has 0 amide bonds. The lowest BCUT2D eigenvalue weighted by molar-refractivity contribution is -0.152. The Bertz CT molecular complexity index is 702. The fourth-order valence-corrected chi connectivity index (χ4v) is 2.37. The van der Waals surface area contributed by atoms with Gasteiger partial charge in [0.25, 0.3) is 0 Å². The summed E-state index contributed by atoms with van der Waals surface area (Å²) in [6.45, 7) is 3.08. The van der Waals surface area contributed by atoms with Crippen LogP contribution in [0.15, 0.2) is 29.7 Å². The Balaban J connectivity index is 1.99. The Morgan fingerprint density at radius 1 is 1.52 bits per heavy atom. The second-order valence-corrected chi connectivity index (χ2v) is 5.81. The molecule has 0 bridgehead atoms. The van der Waals surface area contributed by atoms with Gasteiger partial charge in [-0.3, -0.25) is 20.3 Å². The first kappa shape index (κ1) is 19.3. The van der Waals surface area contributed by atoms with Gasteiger partial charge in [-0.25, -0.2) is 4.99 Å². The highest BCUT2D eigenvalue weighted by Crippen LogP contribution is 2.28. The van der Waals surface area contributed by atoms with Crippen molar-refractivity contribution in [3.63, 3.8) is 0 Å². The van der Waals surface area contributed by atoms with Gasteiger partial charge in [-0.2, -0.15) is 0 Å². The number of carbonyl (C=O) groups excluding carboxylic acids is 1. The molecule has 0 aromatic rings. The van der Waals surface area contributed by atoms with Crippen molar-refractivity contribution in [2.75, 3.05) is 6.61 Å². The molecule has 2 aliphatic rings. The zero-order chi connectivity index (χ0) is 21.1. The lowest BCUT2D eigenvalue weighted by atomic mass is 10.1. The summed E-state index contributed by atoms with van der Waals surface area (Å²) in [4.78, 5) is 27.2. The first-order valence-electron chi connectivity index (χ1n) is 8.43. The molecular formula is C15H22N4O8. The number of nitrogens with two attached hydrogens (primary N) is 1. The molecule has 7 N–H and O–H groups in total. The number of carboxylic acid groups (broad SMARTS) is 1. The molecule has 5 atom stereocenters. The number of hydroxylamine groups is 1. The van der Waals surface area contributed by atoms with Crippen molar-refractivity contribution in [2.24, 2.45) is 10.7 Å². The Morgan fingerprint density at radius 3 is 2.81 bits per heavy atom. The van der Waals surface area contributed by atoms with E-state index in [0.29, 0.717) is 0 Å². The van der Waals surface area contributed by atoms with Crippen LogP contribution >= 0.6 is 0 Å². The molecule has 2 rings (SSSR count). The molecule has 0 spiro atoms. The van der Waals surface area contributed by atoms with Gasteiger partial charge in [0.2, 0.25) is 0 Å². The average Bonchev–Trinajstić information content (AvgIpc) is 2.88. The number of ether oxygens (including phenoxy) is 2. The molecule has 0 aromatic carbocycles. The molecule has 27 heavy (non-hydrogen) atoms. The van der Waals surface area contributed by atoms with E-state index in [1.807, 2.05) is 0 Å². The van der Waals surface area contributed by atoms with Crippen LogP contribution in [0.25, 0.3) is 0 Å². The lowest BCUT2D eigenvalue weighted by Gasteiger charge is -2.30. The maximum absolute atomic E-state index is 11.8. The summed E-state index contributed by atoms with van der Waals surface area (Å²) in [6, 6.07) is -1.18. The minimum Gasteiger partial charge on any atom is -0.481 e. The van der Waals surface area contributed by atoms with E-state index in [0.717, 1.165) is 4.90 Å². The van der Waals surface area contributed by atoms with E-state index in [-0.39, 0.29) is 24.5 Å². The van der Waals surface area contributed by atoms with Crippen molar-refractivity contribution in [1.29, 1.82) is 0 Å². The van der Waals surface area contributed by atoms with E-state index in [1.165, 1.54) is 12.3 Å². The van der Waals surface area contributed by atoms with Crippen LogP contribution in [0.4, 0.5) is 0 Å². The van der Waals surface area contributed by atoms with Crippen LogP contribution in [0.2, 0.25) is 0 Å². The third-order valence-corrected chi connectivity index (χ3v) is 3.85. The summed E-state index contributed by atoms with van der Waals surface area (Å²) >= 11 is 0. The van der Waals surface area contributed by atoms with Gasteiger partial charge in [-0.05, 0) is 12.5 Å². The van der Waals surface area contributed by atoms with E-state index < -0.39 is 49.1 Å². The number of hydrogen-bond donors (Lipinski definition) is 6. The third kappa shape index (κ3) is 5.02. The van der Waals surface area contributed by atoms with Gasteiger partial charge < -0.3 is 35.4 Å². The molecule has 1 fully saturated rings. The predicted molar refractivity (Wildman–Crippen MR) is 89.0 cm³/mol. The lowest BCUT2D eigenvalue weighted by Crippen LogP contribution is -2.42. The zero-order valence-electron chi connectivity index (χ0n) is 15.2. The average molecular weight is 387 g/mol. The molecule has 0 aromatic heterocycles. The summed E-state index contributed by atoms with van der Waals surface area (Å²) in [5.74, 6) is -2.04. The van der Waals surface area contributed by atoms with Crippen LogP contribution < -0.4 is 11.2 Å². The van der Waals surface area contributed by atoms with E-state index >= 15 is 0 Å². The number of aliphatic hydroxyl groups excluding tert-OH is 2. The number of aliphatic imine (C=N–C) groups is 1. The Labute approximate surface area is 155 Å². The third-order valence-electron chi connectivity index (χ3n) is 3.85. The number of nitrogens with zero attached hydrogens (tertiary/aromatic N) is 2. The molecule has 0 unspecified atom stereocenters. The molecule has 0 aliphatic carbocycles. The summed E-state index contributed by atoms with van der Waals surface area (Å²) in [5.41, 5.74) is 7.33. The highest BCUT2D eigenvalue weighted by Gasteiger charge is 2.46. The van der Waals surface area contributed by atoms with Crippen molar-refractivity contribution in [2.45, 2.75) is 43.4 Å². The van der Waals surface area contributed by atoms with E-state index in [4.69, 9.17) is 26.9 Å². The predicted octanol–water partition coefficient (Wildman–Crippen LogP) is -2.15. The quantitative estimate of drug-likeness (QED) is 0.206. The molecule has 2 aliphatic heterocycles. The first-order chi connectivity index (χ1) is 13.1. The topological polar surface area (TPSA) is 187 Å². The van der Waals surface area contributed by atoms with E-state index in [9.17, 15) is 19.8 Å². The number of aliphatic carboxylic acids is 1. The van der Waals surface area contributed by atoms with Gasteiger partial charge in [0.1, 0.15) is 36.8 Å². The molecule has 12 heteroatoms. The highest BCUT2D eigenvalue weighted by molar-refractivity contribution is 5.93. The smallest absolute Gasteiger partial charge is 0.323 e. The fraction of sp³-hybridized carbons (Fsp3) is 0.533. The Kier molecular flexibility index (Phi) is 6.36. The van der Waals surface area contributed by atoms with Crippen LogP contribution in [-0.4, -0.2) is 80.4 Å². The molecule has 2 heterocycles. The SMILES string of the molecule is [2H][C@@]1(N2C=CC(NO)=NC2=C)O[C@H](COC(=O)[C@H](N)CCC(=O)O)[C@@H](O)[C@H]1O. The van der Waals surface area contributed by atoms with Gasteiger partial charge in [0.05, 0.1) is 1.37 Å². The number of nitrogens with one attached hydrogen (secondary N) is 1. The van der Waals surface area contributed by atoms with E-state index in [1.54, 1.807) is 5.48 Å². The molecule has 12 nitrogen and oxygen atoms in total. The van der Waals surface area contributed by atoms with Crippen LogP contribution in [0, 0.1) is 0 Å². The summed E-state index contributed by atoms with van der Waals surface area (Å²) in [7, 11) is 0. The van der Waals surface area contributed by atoms with Crippen molar-refractivity contribution in [1.82, 2.24) is 10.4 Å². The summed E-state index contributed by atoms with van der Waals surface area (Å²) in [5, 5.41) is 37.9. The van der Waals surface area contributed by atoms with Crippen molar-refractivity contribution in [3.8, 4) is 0 Å². The minimum absolute atomic E-state index is 0.0405. The largest absolute Gasteiger partial charge is 0.481 e. The summed E-state index contributed by atoms with van der Waals surface area (Å²) in [6.07, 6.45) is -4.71. The highest BCUT2D eigenvalue weighted by atomic mass is 16.6. The minimum atomic E-state index is -2.22. The number of amidine groups is 1. The molecular weight excluding hydrogens is 364 g/mol. The van der Waals surface area contributed by atoms with Crippen LogP contribution in [0.3, 0.4) is 0 Å². The Morgan fingerprint density at radius 2 is 2.22 bits per heavy atom. The number of aliphatic hydroxyl groups is 2. The second kappa shape index (κ2) is 8.92. The van der Waals surface area contributed by atoms with Gasteiger partial charge in [-0.15, -0.1) is 0 Å². The molecule has 0 radical (unpaired) electrons. The van der Waals surface area contributed by atoms with Gasteiger partial charge in [0, 0.05) is 12.6 Å². The van der Waals surface area contributed by atoms with Crippen LogP contribution in [-0.2, 0) is 19.1 Å². The van der Waals surface area contributed by atoms with Gasteiger partial charge in [0.15, 0.2) is 12.0 Å². The van der Waals surface area contributed by atoms with Gasteiger partial charge in [-0.1, -0.05) is 6.58 Å². The normalized spacial score (nSPS) is 31.9. The molecule has 1 saturated heterocycles. The number of esters is 1. The van der Waals surface area contributed by atoms with Crippen LogP contribution in [0.1, 0.15) is 14.2 Å². The number of carboxylic acids is 1. The van der Waals surface area contributed by atoms with Crippen molar-refractivity contribution in [3.05, 3.63) is 24.7 Å². The standard InChI is InChI=1S/C15H22N4O8/c1-7-17-10(18-25)4-5-19(7)14-13(23)12(22)9(27-14)6-26-15(24)8(16)2-3-11(20)21/h4-5,8-9,12-14,22-23,25H,1-3,6,16H2,(H,17,18)(H,20,21)/t8-,9-,12-,13-,14-/m1/s1/i14D. The number of carbonyl (C=O) groups is 2. The summed E-state index contributed by atoms with van der Waals surface area (Å²) < 4.78 is 18.7.